The fourth-order valence-corrected chi connectivity index (χ4v) is 11.6. The molecule has 4 fully saturated rings. The summed E-state index contributed by atoms with van der Waals surface area (Å²) in [5.41, 5.74) is 2.70. The van der Waals surface area contributed by atoms with Crippen LogP contribution in [-0.2, 0) is 4.74 Å². The number of hydrogen-bond donors (Lipinski definition) is 0. The van der Waals surface area contributed by atoms with E-state index < -0.39 is 0 Å². The van der Waals surface area contributed by atoms with Gasteiger partial charge in [0.15, 0.2) is 0 Å². The van der Waals surface area contributed by atoms with E-state index in [4.69, 9.17) is 14.2 Å². The Morgan fingerprint density at radius 2 is 0.736 bits per heavy atom. The molecule has 0 aliphatic heterocycles. The summed E-state index contributed by atoms with van der Waals surface area (Å²) in [5, 5.41) is 0. The van der Waals surface area contributed by atoms with E-state index in [2.05, 4.69) is 76.2 Å². The molecule has 2 aromatic rings. The second-order valence-electron chi connectivity index (χ2n) is 18.3. The molecule has 0 heterocycles. The molecule has 4 aliphatic carbocycles. The summed E-state index contributed by atoms with van der Waals surface area (Å²) in [7, 11) is 0. The molecule has 53 heavy (non-hydrogen) atoms. The molecule has 2 atom stereocenters. The second kappa shape index (κ2) is 21.3. The van der Waals surface area contributed by atoms with E-state index in [9.17, 15) is 0 Å². The zero-order valence-corrected chi connectivity index (χ0v) is 34.6. The van der Waals surface area contributed by atoms with Crippen molar-refractivity contribution in [3.05, 3.63) is 59.7 Å². The zero-order chi connectivity index (χ0) is 36.8. The second-order valence-corrected chi connectivity index (χ2v) is 18.3. The zero-order valence-electron chi connectivity index (χ0n) is 34.6. The van der Waals surface area contributed by atoms with E-state index in [0.29, 0.717) is 11.8 Å². The quantitative estimate of drug-likeness (QED) is 0.153. The predicted octanol–water partition coefficient (Wildman–Crippen LogP) is 14.9. The predicted molar refractivity (Wildman–Crippen MR) is 223 cm³/mol. The number of benzene rings is 2. The van der Waals surface area contributed by atoms with Gasteiger partial charge in [0, 0.05) is 0 Å². The topological polar surface area (TPSA) is 27.7 Å². The lowest BCUT2D eigenvalue weighted by molar-refractivity contribution is -0.0935. The summed E-state index contributed by atoms with van der Waals surface area (Å²) in [4.78, 5) is 0. The van der Waals surface area contributed by atoms with Crippen LogP contribution in [0.15, 0.2) is 48.5 Å². The molecule has 0 radical (unpaired) electrons. The highest BCUT2D eigenvalue weighted by Gasteiger charge is 2.39. The Hall–Kier alpha value is -2.00. The Morgan fingerprint density at radius 3 is 1.04 bits per heavy atom. The van der Waals surface area contributed by atoms with Crippen molar-refractivity contribution in [2.24, 2.45) is 47.3 Å². The first-order valence-corrected chi connectivity index (χ1v) is 23.2. The highest BCUT2D eigenvalue weighted by molar-refractivity contribution is 5.31. The van der Waals surface area contributed by atoms with Crippen molar-refractivity contribution in [1.82, 2.24) is 0 Å². The molecule has 296 valence electrons. The van der Waals surface area contributed by atoms with Crippen LogP contribution in [0.5, 0.6) is 11.5 Å². The third kappa shape index (κ3) is 11.5. The smallest absolute Gasteiger partial charge is 0.119 e. The van der Waals surface area contributed by atoms with Gasteiger partial charge in [-0.15, -0.1) is 0 Å². The van der Waals surface area contributed by atoms with Crippen LogP contribution in [0.1, 0.15) is 192 Å². The Morgan fingerprint density at radius 1 is 0.415 bits per heavy atom. The van der Waals surface area contributed by atoms with Crippen molar-refractivity contribution in [3.8, 4) is 11.5 Å². The van der Waals surface area contributed by atoms with Gasteiger partial charge in [0.25, 0.3) is 0 Å². The molecule has 3 heteroatoms. The van der Waals surface area contributed by atoms with Crippen molar-refractivity contribution in [2.75, 3.05) is 13.2 Å². The average molecular weight is 727 g/mol. The van der Waals surface area contributed by atoms with Crippen LogP contribution < -0.4 is 9.47 Å². The van der Waals surface area contributed by atoms with Gasteiger partial charge in [0.05, 0.1) is 25.4 Å². The maximum absolute atomic E-state index is 7.71. The highest BCUT2D eigenvalue weighted by atomic mass is 16.5. The molecule has 0 amide bonds. The van der Waals surface area contributed by atoms with Crippen molar-refractivity contribution >= 4 is 0 Å². The first-order valence-electron chi connectivity index (χ1n) is 23.2. The molecule has 2 aromatic carbocycles. The minimum absolute atomic E-state index is 0.115. The van der Waals surface area contributed by atoms with Gasteiger partial charge >= 0.3 is 0 Å². The van der Waals surface area contributed by atoms with E-state index in [-0.39, 0.29) is 12.2 Å². The highest BCUT2D eigenvalue weighted by Crippen LogP contribution is 2.50. The largest absolute Gasteiger partial charge is 0.494 e. The van der Waals surface area contributed by atoms with Crippen molar-refractivity contribution in [1.29, 1.82) is 0 Å². The van der Waals surface area contributed by atoms with Crippen LogP contribution in [0.4, 0.5) is 0 Å². The number of hydrogen-bond acceptors (Lipinski definition) is 3. The normalized spacial score (nSPS) is 30.7. The summed E-state index contributed by atoms with van der Waals surface area (Å²) in [6.07, 6.45) is 30.4. The van der Waals surface area contributed by atoms with Gasteiger partial charge in [-0.05, 0) is 173 Å². The van der Waals surface area contributed by atoms with E-state index in [0.717, 1.165) is 73.1 Å². The van der Waals surface area contributed by atoms with Crippen LogP contribution in [0.3, 0.4) is 0 Å². The molecule has 6 rings (SSSR count). The third-order valence-corrected chi connectivity index (χ3v) is 14.7. The lowest BCUT2D eigenvalue weighted by atomic mass is 9.67. The Kier molecular flexibility index (Phi) is 16.4. The minimum Gasteiger partial charge on any atom is -0.494 e. The van der Waals surface area contributed by atoms with Gasteiger partial charge in [-0.1, -0.05) is 103 Å². The SMILES string of the molecule is CCCOc1ccc(C(OC(c2ccc(OCCC)cc2)C2CCC(C3CCC(CCC)CC3)CC2)C2CCC(C3CCC(CCC)CC3)CC2)cc1. The van der Waals surface area contributed by atoms with E-state index >= 15 is 0 Å². The molecule has 0 bridgehead atoms. The maximum Gasteiger partial charge on any atom is 0.119 e. The van der Waals surface area contributed by atoms with Crippen LogP contribution in [-0.4, -0.2) is 13.2 Å². The van der Waals surface area contributed by atoms with Crippen LogP contribution in [0.25, 0.3) is 0 Å². The standard InChI is InChI=1S/C50H78O3/c1-5-9-37-11-15-39(16-12-37)41-19-23-43(24-20-41)49(45-27-31-47(32-28-45)51-35-7-3)53-50(46-29-33-48(34-30-46)52-36-8-4)44-25-21-42(22-26-44)40-17-13-38(10-6-2)14-18-40/h27-34,37-44,49-50H,5-26,35-36H2,1-4H3. The molecule has 4 aliphatic rings. The van der Waals surface area contributed by atoms with Gasteiger partial charge < -0.3 is 14.2 Å². The summed E-state index contributed by atoms with van der Waals surface area (Å²) < 4.78 is 19.8. The summed E-state index contributed by atoms with van der Waals surface area (Å²) in [5.74, 6) is 8.83. The fourth-order valence-electron chi connectivity index (χ4n) is 11.6. The molecule has 0 saturated heterocycles. The Labute approximate surface area is 326 Å². The van der Waals surface area contributed by atoms with E-state index in [1.54, 1.807) is 0 Å². The van der Waals surface area contributed by atoms with Crippen molar-refractivity contribution in [2.45, 2.75) is 181 Å². The van der Waals surface area contributed by atoms with E-state index in [1.165, 1.54) is 140 Å². The Balaban J connectivity index is 1.18. The van der Waals surface area contributed by atoms with Crippen LogP contribution in [0, 0.1) is 47.3 Å². The molecule has 0 spiro atoms. The van der Waals surface area contributed by atoms with Gasteiger partial charge in [-0.3, -0.25) is 0 Å². The van der Waals surface area contributed by atoms with E-state index in [1.807, 2.05) is 0 Å². The van der Waals surface area contributed by atoms with Gasteiger partial charge in [0.1, 0.15) is 11.5 Å². The first kappa shape index (κ1) is 40.7. The summed E-state index contributed by atoms with van der Waals surface area (Å²) in [6.45, 7) is 10.6. The fraction of sp³-hybridized carbons (Fsp3) is 0.760. The molecule has 3 nitrogen and oxygen atoms in total. The average Bonchev–Trinajstić information content (AvgIpc) is 3.21. The lowest BCUT2D eigenvalue weighted by Crippen LogP contribution is -2.31. The van der Waals surface area contributed by atoms with Crippen molar-refractivity contribution in [3.63, 3.8) is 0 Å². The molecular weight excluding hydrogens is 649 g/mol. The number of ether oxygens (including phenoxy) is 3. The van der Waals surface area contributed by atoms with Gasteiger partial charge in [0.2, 0.25) is 0 Å². The first-order chi connectivity index (χ1) is 26.1. The summed E-state index contributed by atoms with van der Waals surface area (Å²) >= 11 is 0. The van der Waals surface area contributed by atoms with Gasteiger partial charge in [-0.25, -0.2) is 0 Å². The third-order valence-electron chi connectivity index (χ3n) is 14.7. The molecule has 0 aromatic heterocycles. The van der Waals surface area contributed by atoms with Gasteiger partial charge in [-0.2, -0.15) is 0 Å². The Bertz CT molecular complexity index is 1160. The number of rotatable bonds is 18. The van der Waals surface area contributed by atoms with Crippen LogP contribution >= 0.6 is 0 Å². The van der Waals surface area contributed by atoms with Crippen LogP contribution in [0.2, 0.25) is 0 Å². The molecule has 4 saturated carbocycles. The molecule has 0 N–H and O–H groups in total. The lowest BCUT2D eigenvalue weighted by Gasteiger charge is -2.43. The minimum atomic E-state index is 0.115. The maximum atomic E-state index is 7.71. The molecule has 2 unspecified atom stereocenters. The summed E-state index contributed by atoms with van der Waals surface area (Å²) in [6, 6.07) is 18.2. The molecular formula is C50H78O3. The monoisotopic (exact) mass is 727 g/mol. The van der Waals surface area contributed by atoms with Crippen molar-refractivity contribution < 1.29 is 14.2 Å².